The highest BCUT2D eigenvalue weighted by Crippen LogP contribution is 2.51. The number of carbonyl (C=O) groups excluding carboxylic acids is 1. The highest BCUT2D eigenvalue weighted by molar-refractivity contribution is 5.89. The topological polar surface area (TPSA) is 20.3 Å². The summed E-state index contributed by atoms with van der Waals surface area (Å²) in [4.78, 5) is 13.4. The first-order valence-electron chi connectivity index (χ1n) is 6.24. The molecule has 2 bridgehead atoms. The van der Waals surface area contributed by atoms with E-state index in [0.29, 0.717) is 6.42 Å². The van der Waals surface area contributed by atoms with Crippen molar-refractivity contribution in [3.63, 3.8) is 0 Å². The molecule has 0 aromatic rings. The zero-order valence-electron chi connectivity index (χ0n) is 9.78. The van der Waals surface area contributed by atoms with Crippen LogP contribution in [0.1, 0.15) is 25.7 Å². The molecule has 4 atom stereocenters. The summed E-state index contributed by atoms with van der Waals surface area (Å²) in [5.41, 5.74) is -1.76. The van der Waals surface area contributed by atoms with Gasteiger partial charge in [0.2, 0.25) is 6.43 Å². The van der Waals surface area contributed by atoms with E-state index < -0.39 is 30.0 Å². The lowest BCUT2D eigenvalue weighted by Crippen LogP contribution is -2.51. The van der Waals surface area contributed by atoms with E-state index in [4.69, 9.17) is 6.42 Å². The third-order valence-electron chi connectivity index (χ3n) is 4.54. The Hall–Kier alpha value is -1.18. The Labute approximate surface area is 104 Å². The Morgan fingerprint density at radius 2 is 2.06 bits per heavy atom. The van der Waals surface area contributed by atoms with Crippen molar-refractivity contribution >= 4 is 5.91 Å². The quantitative estimate of drug-likeness (QED) is 0.693. The van der Waals surface area contributed by atoms with Crippen molar-refractivity contribution in [3.8, 4) is 12.3 Å². The van der Waals surface area contributed by atoms with E-state index >= 15 is 0 Å². The molecule has 0 unspecified atom stereocenters. The van der Waals surface area contributed by atoms with Crippen LogP contribution >= 0.6 is 0 Å². The van der Waals surface area contributed by atoms with Crippen LogP contribution in [0, 0.1) is 24.2 Å². The van der Waals surface area contributed by atoms with Gasteiger partial charge in [0.15, 0.2) is 5.67 Å². The summed E-state index contributed by atoms with van der Waals surface area (Å²) >= 11 is 0. The zero-order valence-corrected chi connectivity index (χ0v) is 9.78. The van der Waals surface area contributed by atoms with E-state index in [-0.39, 0.29) is 31.2 Å². The number of carbonyl (C=O) groups is 1. The number of likely N-dealkylation sites (tertiary alicyclic amines) is 1. The average Bonchev–Trinajstić information content (AvgIpc) is 2.84. The predicted octanol–water partition coefficient (Wildman–Crippen LogP) is 1.99. The molecule has 1 saturated heterocycles. The third kappa shape index (κ3) is 1.47. The molecule has 0 spiro atoms. The first-order valence-corrected chi connectivity index (χ1v) is 6.24. The lowest BCUT2D eigenvalue weighted by Gasteiger charge is -2.36. The number of terminal acetylenes is 1. The third-order valence-corrected chi connectivity index (χ3v) is 4.54. The van der Waals surface area contributed by atoms with E-state index in [0.717, 1.165) is 0 Å². The van der Waals surface area contributed by atoms with Gasteiger partial charge in [0, 0.05) is 17.9 Å². The molecule has 1 aliphatic heterocycles. The van der Waals surface area contributed by atoms with Gasteiger partial charge >= 0.3 is 0 Å². The summed E-state index contributed by atoms with van der Waals surface area (Å²) in [7, 11) is 0. The minimum Gasteiger partial charge on any atom is -0.323 e. The van der Waals surface area contributed by atoms with Crippen LogP contribution < -0.4 is 0 Å². The van der Waals surface area contributed by atoms with Crippen molar-refractivity contribution < 1.29 is 18.0 Å². The number of hydrogen-bond acceptors (Lipinski definition) is 1. The number of hydrogen-bond donors (Lipinski definition) is 0. The second-order valence-corrected chi connectivity index (χ2v) is 5.58. The molecule has 0 N–H and O–H groups in total. The van der Waals surface area contributed by atoms with Gasteiger partial charge in [-0.05, 0) is 25.7 Å². The molecule has 1 heterocycles. The van der Waals surface area contributed by atoms with Crippen LogP contribution in [0.3, 0.4) is 0 Å². The highest BCUT2D eigenvalue weighted by atomic mass is 19.3. The van der Waals surface area contributed by atoms with Crippen LogP contribution in [0.25, 0.3) is 0 Å². The minimum absolute atomic E-state index is 0.231. The Bertz CT molecular complexity index is 426. The fourth-order valence-corrected chi connectivity index (χ4v) is 3.44. The van der Waals surface area contributed by atoms with E-state index in [1.54, 1.807) is 0 Å². The highest BCUT2D eigenvalue weighted by Gasteiger charge is 2.61. The SMILES string of the molecule is C#C[C@H]1[C@H]2C[C@H](C[C@@H]2C(F)F)N1C(=O)C1(F)CC1. The summed E-state index contributed by atoms with van der Waals surface area (Å²) in [6.45, 7) is 0. The molecule has 0 aromatic heterocycles. The molecule has 1 amide bonds. The van der Waals surface area contributed by atoms with Crippen molar-refractivity contribution in [2.24, 2.45) is 11.8 Å². The molecule has 3 aliphatic rings. The maximum atomic E-state index is 13.8. The van der Waals surface area contributed by atoms with Gasteiger partial charge in [-0.25, -0.2) is 13.2 Å². The summed E-state index contributed by atoms with van der Waals surface area (Å²) in [5, 5.41) is 0. The summed E-state index contributed by atoms with van der Waals surface area (Å²) < 4.78 is 39.5. The van der Waals surface area contributed by atoms with Crippen molar-refractivity contribution in [1.29, 1.82) is 0 Å². The van der Waals surface area contributed by atoms with Crippen LogP contribution in [-0.4, -0.2) is 35.0 Å². The average molecular weight is 257 g/mol. The normalized spacial score (nSPS) is 40.1. The molecule has 2 aliphatic carbocycles. The zero-order chi connectivity index (χ0) is 13.1. The van der Waals surface area contributed by atoms with Gasteiger partial charge in [0.1, 0.15) is 0 Å². The molecular formula is C13H14F3NO. The molecule has 5 heteroatoms. The largest absolute Gasteiger partial charge is 0.323 e. The van der Waals surface area contributed by atoms with Crippen LogP contribution in [0.5, 0.6) is 0 Å². The first kappa shape index (κ1) is 11.9. The molecule has 0 aromatic carbocycles. The summed E-state index contributed by atoms with van der Waals surface area (Å²) in [5.74, 6) is 0.728. The molecule has 98 valence electrons. The standard InChI is InChI=1S/C13H14F3NO/c1-2-10-8-5-7(6-9(8)11(14)15)17(10)12(18)13(16)3-4-13/h1,7-11H,3-6H2/t7-,8+,9+,10+/m1/s1. The fraction of sp³-hybridized carbons (Fsp3) is 0.769. The van der Waals surface area contributed by atoms with Crippen molar-refractivity contribution in [3.05, 3.63) is 0 Å². The molecule has 3 fully saturated rings. The number of amides is 1. The number of piperidine rings is 1. The van der Waals surface area contributed by atoms with Crippen LogP contribution in [0.4, 0.5) is 13.2 Å². The minimum atomic E-state index is -2.41. The van der Waals surface area contributed by atoms with E-state index in [9.17, 15) is 18.0 Å². The lowest BCUT2D eigenvalue weighted by molar-refractivity contribution is -0.143. The van der Waals surface area contributed by atoms with Crippen molar-refractivity contribution in [2.75, 3.05) is 0 Å². The Balaban J connectivity index is 1.83. The molecular weight excluding hydrogens is 243 g/mol. The summed E-state index contributed by atoms with van der Waals surface area (Å²) in [6.07, 6.45) is 4.16. The summed E-state index contributed by atoms with van der Waals surface area (Å²) in [6, 6.07) is -0.945. The molecule has 2 nitrogen and oxygen atoms in total. The number of halogens is 3. The number of rotatable bonds is 2. The molecule has 2 saturated carbocycles. The Kier molecular flexibility index (Phi) is 2.42. The van der Waals surface area contributed by atoms with Crippen LogP contribution in [0.2, 0.25) is 0 Å². The van der Waals surface area contributed by atoms with Crippen molar-refractivity contribution in [1.82, 2.24) is 4.90 Å². The van der Waals surface area contributed by atoms with Gasteiger partial charge in [-0.3, -0.25) is 4.79 Å². The van der Waals surface area contributed by atoms with Gasteiger partial charge in [0.25, 0.3) is 5.91 Å². The fourth-order valence-electron chi connectivity index (χ4n) is 3.44. The van der Waals surface area contributed by atoms with E-state index in [1.807, 2.05) is 0 Å². The maximum Gasteiger partial charge on any atom is 0.261 e. The monoisotopic (exact) mass is 257 g/mol. The number of alkyl halides is 3. The first-order chi connectivity index (χ1) is 8.48. The van der Waals surface area contributed by atoms with Gasteiger partial charge < -0.3 is 4.90 Å². The smallest absolute Gasteiger partial charge is 0.261 e. The van der Waals surface area contributed by atoms with Gasteiger partial charge in [0.05, 0.1) is 6.04 Å². The second kappa shape index (κ2) is 3.66. The van der Waals surface area contributed by atoms with Crippen molar-refractivity contribution in [2.45, 2.75) is 49.9 Å². The van der Waals surface area contributed by atoms with Gasteiger partial charge in [-0.1, -0.05) is 5.92 Å². The Morgan fingerprint density at radius 3 is 2.56 bits per heavy atom. The predicted molar refractivity (Wildman–Crippen MR) is 58.5 cm³/mol. The number of nitrogens with zero attached hydrogens (tertiary/aromatic N) is 1. The van der Waals surface area contributed by atoms with Crippen LogP contribution in [-0.2, 0) is 4.79 Å². The molecule has 18 heavy (non-hydrogen) atoms. The van der Waals surface area contributed by atoms with E-state index in [1.165, 1.54) is 4.90 Å². The van der Waals surface area contributed by atoms with Crippen LogP contribution in [0.15, 0.2) is 0 Å². The molecule has 3 rings (SSSR count). The number of fused-ring (bicyclic) bond motifs is 2. The van der Waals surface area contributed by atoms with Gasteiger partial charge in [-0.2, -0.15) is 0 Å². The Morgan fingerprint density at radius 1 is 1.39 bits per heavy atom. The van der Waals surface area contributed by atoms with Gasteiger partial charge in [-0.15, -0.1) is 6.42 Å². The molecule has 0 radical (unpaired) electrons. The van der Waals surface area contributed by atoms with E-state index in [2.05, 4.69) is 5.92 Å². The lowest BCUT2D eigenvalue weighted by atomic mass is 9.88. The second-order valence-electron chi connectivity index (χ2n) is 5.58. The maximum absolute atomic E-state index is 13.8.